The Hall–Kier alpha value is -1.79. The number of thioether (sulfide) groups is 1. The van der Waals surface area contributed by atoms with Crippen molar-refractivity contribution in [2.24, 2.45) is 0 Å². The van der Waals surface area contributed by atoms with Crippen LogP contribution in [0.5, 0.6) is 0 Å². The van der Waals surface area contributed by atoms with Gasteiger partial charge in [-0.2, -0.15) is 0 Å². The Labute approximate surface area is 140 Å². The lowest BCUT2D eigenvalue weighted by molar-refractivity contribution is -0.140. The molecule has 1 amide bonds. The molecule has 0 bridgehead atoms. The minimum atomic E-state index is -0.689. The topological polar surface area (TPSA) is 75.6 Å². The Bertz CT molecular complexity index is 573. The third-order valence-electron chi connectivity index (χ3n) is 3.61. The minimum absolute atomic E-state index is 0.179. The molecular weight excluding hydrogens is 314 g/mol. The van der Waals surface area contributed by atoms with E-state index in [1.807, 2.05) is 12.1 Å². The van der Waals surface area contributed by atoms with E-state index in [4.69, 9.17) is 0 Å². The van der Waals surface area contributed by atoms with E-state index in [1.165, 1.54) is 7.11 Å². The van der Waals surface area contributed by atoms with Crippen LogP contribution in [0.4, 0.5) is 0 Å². The summed E-state index contributed by atoms with van der Waals surface area (Å²) in [4.78, 5) is 24.0. The molecule has 1 aromatic carbocycles. The number of carbonyl (C=O) groups excluding carboxylic acids is 2. The molecule has 0 spiro atoms. The molecule has 1 saturated heterocycles. The monoisotopic (exact) mass is 335 g/mol. The van der Waals surface area contributed by atoms with Gasteiger partial charge in [0, 0.05) is 22.6 Å². The van der Waals surface area contributed by atoms with Crippen LogP contribution in [0.15, 0.2) is 41.3 Å². The van der Waals surface area contributed by atoms with Crippen molar-refractivity contribution in [2.75, 3.05) is 12.9 Å². The highest BCUT2D eigenvalue weighted by atomic mass is 32.2. The first-order chi connectivity index (χ1) is 11.1. The Balaban J connectivity index is 1.83. The Kier molecular flexibility index (Phi) is 6.67. The summed E-state index contributed by atoms with van der Waals surface area (Å²) in [5, 5.41) is 13.2. The average Bonchev–Trinajstić information content (AvgIpc) is 2.92. The van der Waals surface area contributed by atoms with Crippen molar-refractivity contribution < 1.29 is 19.4 Å². The van der Waals surface area contributed by atoms with E-state index in [-0.39, 0.29) is 17.9 Å². The second-order valence-corrected chi connectivity index (χ2v) is 6.37. The summed E-state index contributed by atoms with van der Waals surface area (Å²) in [6.07, 6.45) is 3.01. The molecule has 124 valence electrons. The number of unbranched alkanes of at least 4 members (excludes halogenated alkanes) is 1. The summed E-state index contributed by atoms with van der Waals surface area (Å²) in [6, 6.07) is 8.66. The zero-order valence-electron chi connectivity index (χ0n) is 13.0. The Morgan fingerprint density at radius 2 is 2.13 bits per heavy atom. The minimum Gasteiger partial charge on any atom is -0.469 e. The molecular formula is C17H21NO4S. The summed E-state index contributed by atoms with van der Waals surface area (Å²) in [5.74, 6) is 0.237. The number of benzene rings is 1. The Morgan fingerprint density at radius 3 is 2.83 bits per heavy atom. The van der Waals surface area contributed by atoms with Gasteiger partial charge in [-0.05, 0) is 25.0 Å². The first kappa shape index (κ1) is 17.6. The zero-order valence-corrected chi connectivity index (χ0v) is 13.8. The number of carbonyl (C=O) groups is 2. The van der Waals surface area contributed by atoms with Gasteiger partial charge in [0.05, 0.1) is 13.2 Å². The van der Waals surface area contributed by atoms with Crippen molar-refractivity contribution >= 4 is 23.6 Å². The number of amides is 1. The molecule has 0 aromatic heterocycles. The smallest absolute Gasteiger partial charge is 0.305 e. The highest BCUT2D eigenvalue weighted by molar-refractivity contribution is 8.03. The second kappa shape index (κ2) is 8.74. The molecule has 0 aliphatic carbocycles. The summed E-state index contributed by atoms with van der Waals surface area (Å²) >= 11 is 1.54. The predicted octanol–water partition coefficient (Wildman–Crippen LogP) is 2.12. The van der Waals surface area contributed by atoms with E-state index in [0.717, 1.165) is 4.91 Å². The van der Waals surface area contributed by atoms with Crippen molar-refractivity contribution in [3.63, 3.8) is 0 Å². The van der Waals surface area contributed by atoms with E-state index in [1.54, 1.807) is 36.0 Å². The number of aliphatic hydroxyl groups is 1. The maximum Gasteiger partial charge on any atom is 0.305 e. The van der Waals surface area contributed by atoms with E-state index in [2.05, 4.69) is 10.1 Å². The largest absolute Gasteiger partial charge is 0.469 e. The fourth-order valence-electron chi connectivity index (χ4n) is 2.30. The van der Waals surface area contributed by atoms with Gasteiger partial charge < -0.3 is 15.2 Å². The average molecular weight is 335 g/mol. The normalized spacial score (nSPS) is 22.1. The van der Waals surface area contributed by atoms with E-state index in [0.29, 0.717) is 30.6 Å². The third kappa shape index (κ3) is 5.11. The lowest BCUT2D eigenvalue weighted by Gasteiger charge is -2.16. The van der Waals surface area contributed by atoms with E-state index < -0.39 is 6.10 Å². The lowest BCUT2D eigenvalue weighted by atomic mass is 10.1. The maximum absolute atomic E-state index is 12.1. The van der Waals surface area contributed by atoms with Crippen molar-refractivity contribution in [2.45, 2.75) is 31.4 Å². The van der Waals surface area contributed by atoms with Gasteiger partial charge >= 0.3 is 5.97 Å². The fraction of sp³-hybridized carbons (Fsp3) is 0.412. The molecule has 0 radical (unpaired) electrons. The van der Waals surface area contributed by atoms with Crippen LogP contribution in [-0.2, 0) is 9.53 Å². The third-order valence-corrected chi connectivity index (χ3v) is 4.88. The highest BCUT2D eigenvalue weighted by Crippen LogP contribution is 2.32. The van der Waals surface area contributed by atoms with Gasteiger partial charge in [0.1, 0.15) is 6.10 Å². The molecule has 1 aromatic rings. The molecule has 1 aliphatic rings. The lowest BCUT2D eigenvalue weighted by Crippen LogP contribution is -2.42. The van der Waals surface area contributed by atoms with Gasteiger partial charge in [-0.25, -0.2) is 0 Å². The first-order valence-electron chi connectivity index (χ1n) is 7.55. The van der Waals surface area contributed by atoms with Crippen LogP contribution >= 0.6 is 11.8 Å². The van der Waals surface area contributed by atoms with Gasteiger partial charge in [-0.1, -0.05) is 24.3 Å². The zero-order chi connectivity index (χ0) is 16.7. The van der Waals surface area contributed by atoms with Crippen LogP contribution in [-0.4, -0.2) is 42.0 Å². The number of allylic oxidation sites excluding steroid dienone is 1. The van der Waals surface area contributed by atoms with E-state index in [9.17, 15) is 14.7 Å². The Morgan fingerprint density at radius 1 is 1.39 bits per heavy atom. The van der Waals surface area contributed by atoms with Crippen LogP contribution in [0.2, 0.25) is 0 Å². The van der Waals surface area contributed by atoms with Crippen LogP contribution < -0.4 is 5.32 Å². The molecule has 23 heavy (non-hydrogen) atoms. The van der Waals surface area contributed by atoms with Crippen molar-refractivity contribution in [3.8, 4) is 0 Å². The summed E-state index contributed by atoms with van der Waals surface area (Å²) in [5.41, 5.74) is 0.584. The van der Waals surface area contributed by atoms with Gasteiger partial charge in [0.2, 0.25) is 0 Å². The number of hydrogen-bond donors (Lipinski definition) is 2. The van der Waals surface area contributed by atoms with Crippen LogP contribution in [0.3, 0.4) is 0 Å². The number of nitrogens with one attached hydrogen (secondary N) is 1. The highest BCUT2D eigenvalue weighted by Gasteiger charge is 2.31. The molecule has 2 rings (SSSR count). The quantitative estimate of drug-likeness (QED) is 0.615. The first-order valence-corrected chi connectivity index (χ1v) is 8.54. The van der Waals surface area contributed by atoms with Crippen molar-refractivity contribution in [1.29, 1.82) is 0 Å². The van der Waals surface area contributed by atoms with E-state index >= 15 is 0 Å². The maximum atomic E-state index is 12.1. The molecule has 2 N–H and O–H groups in total. The summed E-state index contributed by atoms with van der Waals surface area (Å²) in [7, 11) is 1.37. The molecule has 0 unspecified atom stereocenters. The van der Waals surface area contributed by atoms with Gasteiger partial charge in [0.15, 0.2) is 0 Å². The number of ether oxygens (including phenoxy) is 1. The fourth-order valence-corrected chi connectivity index (χ4v) is 3.50. The molecule has 5 nitrogen and oxygen atoms in total. The number of hydrogen-bond acceptors (Lipinski definition) is 5. The number of methoxy groups -OCH3 is 1. The predicted molar refractivity (Wildman–Crippen MR) is 90.1 cm³/mol. The SMILES string of the molecule is COC(=O)CCC/C=C1\SC[C@@H](NC(=O)c2ccccc2)[C@H]1O. The molecule has 1 aliphatic heterocycles. The molecule has 6 heteroatoms. The number of aliphatic hydroxyl groups excluding tert-OH is 1. The van der Waals surface area contributed by atoms with Gasteiger partial charge in [0.25, 0.3) is 5.91 Å². The molecule has 0 saturated carbocycles. The van der Waals surface area contributed by atoms with Crippen LogP contribution in [0, 0.1) is 0 Å². The second-order valence-electron chi connectivity index (χ2n) is 5.28. The van der Waals surface area contributed by atoms with Crippen molar-refractivity contribution in [1.82, 2.24) is 5.32 Å². The van der Waals surface area contributed by atoms with Crippen LogP contribution in [0.25, 0.3) is 0 Å². The number of esters is 1. The van der Waals surface area contributed by atoms with Gasteiger partial charge in [-0.15, -0.1) is 11.8 Å². The molecule has 2 atom stereocenters. The summed E-state index contributed by atoms with van der Waals surface area (Å²) in [6.45, 7) is 0. The standard InChI is InChI=1S/C17H21NO4S/c1-22-15(19)10-6-5-9-14-16(20)13(11-23-14)18-17(21)12-7-3-2-4-8-12/h2-4,7-9,13,16,20H,5-6,10-11H2,1H3,(H,18,21)/b14-9-/t13-,16-/m1/s1. The molecule has 1 fully saturated rings. The van der Waals surface area contributed by atoms with Gasteiger partial charge in [-0.3, -0.25) is 9.59 Å². The number of rotatable bonds is 6. The summed E-state index contributed by atoms with van der Waals surface area (Å²) < 4.78 is 4.58. The van der Waals surface area contributed by atoms with Crippen LogP contribution in [0.1, 0.15) is 29.6 Å². The van der Waals surface area contributed by atoms with Crippen molar-refractivity contribution in [3.05, 3.63) is 46.9 Å². The molecule has 1 heterocycles.